The number of hydrogen-bond acceptors (Lipinski definition) is 5. The Balaban J connectivity index is 1.53. The Morgan fingerprint density at radius 2 is 2.00 bits per heavy atom. The number of methoxy groups -OCH3 is 1. The standard InChI is InChI=1S/C18H32N4O2/c1-23-13-11-22-10-6-19-18(22)16-21-9-5-12-24-17(15-21)14-20-7-3-2-4-8-20/h6,10,17H,2-5,7-9,11-16H2,1H3/t17-/m0/s1. The lowest BCUT2D eigenvalue weighted by molar-refractivity contribution is 0.0213. The van der Waals surface area contributed by atoms with Crippen molar-refractivity contribution in [3.63, 3.8) is 0 Å². The van der Waals surface area contributed by atoms with E-state index < -0.39 is 0 Å². The molecule has 0 saturated carbocycles. The van der Waals surface area contributed by atoms with Gasteiger partial charge >= 0.3 is 0 Å². The van der Waals surface area contributed by atoms with Gasteiger partial charge in [-0.2, -0.15) is 0 Å². The third-order valence-electron chi connectivity index (χ3n) is 5.05. The Hall–Kier alpha value is -0.950. The smallest absolute Gasteiger partial charge is 0.122 e. The van der Waals surface area contributed by atoms with Crippen LogP contribution in [0.3, 0.4) is 0 Å². The molecule has 1 aromatic rings. The molecule has 0 amide bonds. The van der Waals surface area contributed by atoms with Gasteiger partial charge in [0.05, 0.1) is 19.3 Å². The fraction of sp³-hybridized carbons (Fsp3) is 0.833. The molecule has 2 fully saturated rings. The van der Waals surface area contributed by atoms with Gasteiger partial charge in [0.1, 0.15) is 5.82 Å². The highest BCUT2D eigenvalue weighted by molar-refractivity contribution is 4.93. The largest absolute Gasteiger partial charge is 0.383 e. The van der Waals surface area contributed by atoms with Crippen LogP contribution >= 0.6 is 0 Å². The molecule has 6 nitrogen and oxygen atoms in total. The molecule has 2 aliphatic rings. The lowest BCUT2D eigenvalue weighted by Gasteiger charge is -2.31. The van der Waals surface area contributed by atoms with Crippen molar-refractivity contribution < 1.29 is 9.47 Å². The maximum absolute atomic E-state index is 6.12. The van der Waals surface area contributed by atoms with E-state index >= 15 is 0 Å². The summed E-state index contributed by atoms with van der Waals surface area (Å²) < 4.78 is 13.5. The highest BCUT2D eigenvalue weighted by atomic mass is 16.5. The summed E-state index contributed by atoms with van der Waals surface area (Å²) in [4.78, 5) is 9.64. The molecule has 3 rings (SSSR count). The quantitative estimate of drug-likeness (QED) is 0.757. The van der Waals surface area contributed by atoms with Gasteiger partial charge in [0, 0.05) is 52.3 Å². The normalized spacial score (nSPS) is 24.1. The summed E-state index contributed by atoms with van der Waals surface area (Å²) in [7, 11) is 1.74. The van der Waals surface area contributed by atoms with E-state index in [2.05, 4.69) is 19.4 Å². The molecule has 3 heterocycles. The van der Waals surface area contributed by atoms with Crippen LogP contribution in [0.25, 0.3) is 0 Å². The van der Waals surface area contributed by atoms with Gasteiger partial charge in [-0.3, -0.25) is 4.90 Å². The van der Waals surface area contributed by atoms with Crippen LogP contribution in [0.15, 0.2) is 12.4 Å². The fourth-order valence-electron chi connectivity index (χ4n) is 3.74. The number of nitrogens with zero attached hydrogens (tertiary/aromatic N) is 4. The molecule has 1 atom stereocenters. The van der Waals surface area contributed by atoms with E-state index in [9.17, 15) is 0 Å². The Labute approximate surface area is 145 Å². The van der Waals surface area contributed by atoms with Crippen molar-refractivity contribution in [2.75, 3.05) is 53.0 Å². The lowest BCUT2D eigenvalue weighted by atomic mass is 10.1. The minimum atomic E-state index is 0.327. The van der Waals surface area contributed by atoms with Crippen LogP contribution in [0, 0.1) is 0 Å². The number of aromatic nitrogens is 2. The number of likely N-dealkylation sites (tertiary alicyclic amines) is 1. The second-order valence-electron chi connectivity index (χ2n) is 6.97. The Kier molecular flexibility index (Phi) is 7.08. The molecule has 0 radical (unpaired) electrons. The van der Waals surface area contributed by atoms with Crippen molar-refractivity contribution in [1.82, 2.24) is 19.4 Å². The molecular formula is C18H32N4O2. The van der Waals surface area contributed by atoms with Crippen LogP contribution in [-0.2, 0) is 22.6 Å². The summed E-state index contributed by atoms with van der Waals surface area (Å²) in [5.41, 5.74) is 0. The van der Waals surface area contributed by atoms with Crippen LogP contribution < -0.4 is 0 Å². The van der Waals surface area contributed by atoms with Gasteiger partial charge in [-0.05, 0) is 32.4 Å². The highest BCUT2D eigenvalue weighted by Gasteiger charge is 2.23. The number of ether oxygens (including phenoxy) is 2. The van der Waals surface area contributed by atoms with E-state index in [-0.39, 0.29) is 0 Å². The van der Waals surface area contributed by atoms with Gasteiger partial charge in [0.25, 0.3) is 0 Å². The second-order valence-corrected chi connectivity index (χ2v) is 6.97. The molecule has 2 saturated heterocycles. The Bertz CT molecular complexity index is 473. The summed E-state index contributed by atoms with van der Waals surface area (Å²) in [5, 5.41) is 0. The summed E-state index contributed by atoms with van der Waals surface area (Å²) in [6, 6.07) is 0. The average Bonchev–Trinajstić information content (AvgIpc) is 2.92. The summed E-state index contributed by atoms with van der Waals surface area (Å²) in [6.07, 6.45) is 9.44. The summed E-state index contributed by atoms with van der Waals surface area (Å²) >= 11 is 0. The van der Waals surface area contributed by atoms with Crippen LogP contribution in [0.1, 0.15) is 31.5 Å². The van der Waals surface area contributed by atoms with E-state index in [4.69, 9.17) is 9.47 Å². The first-order chi connectivity index (χ1) is 11.8. The van der Waals surface area contributed by atoms with E-state index in [1.807, 2.05) is 12.4 Å². The van der Waals surface area contributed by atoms with E-state index in [0.717, 1.165) is 58.2 Å². The molecule has 2 aliphatic heterocycles. The van der Waals surface area contributed by atoms with Crippen LogP contribution in [0.5, 0.6) is 0 Å². The Morgan fingerprint density at radius 3 is 2.83 bits per heavy atom. The predicted molar refractivity (Wildman–Crippen MR) is 94.0 cm³/mol. The molecule has 1 aromatic heterocycles. The summed E-state index contributed by atoms with van der Waals surface area (Å²) in [6.45, 7) is 9.03. The zero-order chi connectivity index (χ0) is 16.6. The van der Waals surface area contributed by atoms with E-state index in [1.54, 1.807) is 7.11 Å². The van der Waals surface area contributed by atoms with Crippen molar-refractivity contribution >= 4 is 0 Å². The van der Waals surface area contributed by atoms with Crippen molar-refractivity contribution in [3.05, 3.63) is 18.2 Å². The van der Waals surface area contributed by atoms with Gasteiger partial charge in [0.2, 0.25) is 0 Å². The molecule has 0 bridgehead atoms. The van der Waals surface area contributed by atoms with Gasteiger partial charge in [-0.1, -0.05) is 6.42 Å². The molecule has 24 heavy (non-hydrogen) atoms. The topological polar surface area (TPSA) is 42.8 Å². The lowest BCUT2D eigenvalue weighted by Crippen LogP contribution is -2.42. The van der Waals surface area contributed by atoms with Crippen LogP contribution in [-0.4, -0.2) is 78.5 Å². The maximum Gasteiger partial charge on any atom is 0.122 e. The minimum absolute atomic E-state index is 0.327. The van der Waals surface area contributed by atoms with E-state index in [0.29, 0.717) is 6.10 Å². The third-order valence-corrected chi connectivity index (χ3v) is 5.05. The zero-order valence-electron chi connectivity index (χ0n) is 15.0. The Morgan fingerprint density at radius 1 is 1.17 bits per heavy atom. The number of piperidine rings is 1. The first-order valence-electron chi connectivity index (χ1n) is 9.40. The van der Waals surface area contributed by atoms with Gasteiger partial charge in [-0.25, -0.2) is 4.98 Å². The van der Waals surface area contributed by atoms with Crippen molar-refractivity contribution in [1.29, 1.82) is 0 Å². The van der Waals surface area contributed by atoms with Crippen molar-refractivity contribution in [2.45, 2.75) is 44.9 Å². The van der Waals surface area contributed by atoms with Gasteiger partial charge < -0.3 is 18.9 Å². The van der Waals surface area contributed by atoms with E-state index in [1.165, 1.54) is 32.4 Å². The number of rotatable bonds is 7. The molecule has 0 N–H and O–H groups in total. The molecule has 6 heteroatoms. The fourth-order valence-corrected chi connectivity index (χ4v) is 3.74. The number of imidazole rings is 1. The minimum Gasteiger partial charge on any atom is -0.383 e. The van der Waals surface area contributed by atoms with Gasteiger partial charge in [-0.15, -0.1) is 0 Å². The first kappa shape index (κ1) is 17.9. The van der Waals surface area contributed by atoms with Gasteiger partial charge in [0.15, 0.2) is 0 Å². The first-order valence-corrected chi connectivity index (χ1v) is 9.40. The SMILES string of the molecule is COCCn1ccnc1CN1CCCO[C@@H](CN2CCCCC2)C1. The molecule has 0 aromatic carbocycles. The molecule has 0 unspecified atom stereocenters. The highest BCUT2D eigenvalue weighted by Crippen LogP contribution is 2.14. The van der Waals surface area contributed by atoms with Crippen LogP contribution in [0.4, 0.5) is 0 Å². The molecule has 136 valence electrons. The molecule has 0 spiro atoms. The second kappa shape index (κ2) is 9.51. The van der Waals surface area contributed by atoms with Crippen molar-refractivity contribution in [3.8, 4) is 0 Å². The average molecular weight is 336 g/mol. The predicted octanol–water partition coefficient (Wildman–Crippen LogP) is 1.61. The maximum atomic E-state index is 6.12. The monoisotopic (exact) mass is 336 g/mol. The summed E-state index contributed by atoms with van der Waals surface area (Å²) in [5.74, 6) is 1.13. The molecule has 0 aliphatic carbocycles. The van der Waals surface area contributed by atoms with Crippen LogP contribution in [0.2, 0.25) is 0 Å². The third kappa shape index (κ3) is 5.28. The zero-order valence-corrected chi connectivity index (χ0v) is 15.0. The number of hydrogen-bond donors (Lipinski definition) is 0. The molecular weight excluding hydrogens is 304 g/mol. The van der Waals surface area contributed by atoms with Crippen molar-refractivity contribution in [2.24, 2.45) is 0 Å².